The summed E-state index contributed by atoms with van der Waals surface area (Å²) in [5.41, 5.74) is 3.37. The molecule has 8 nitrogen and oxygen atoms in total. The van der Waals surface area contributed by atoms with Crippen LogP contribution in [0.15, 0.2) is 17.0 Å². The van der Waals surface area contributed by atoms with Crippen LogP contribution in [-0.4, -0.2) is 23.0 Å². The molecule has 0 bridgehead atoms. The number of nitrogens with two attached hydrogens (primary N) is 1. The van der Waals surface area contributed by atoms with Crippen molar-refractivity contribution in [2.75, 3.05) is 5.73 Å². The second-order valence-corrected chi connectivity index (χ2v) is 3.97. The molecular formula is C6H6N2O6S. The van der Waals surface area contributed by atoms with Gasteiger partial charge in [-0.2, -0.15) is 8.42 Å². The fourth-order valence-electron chi connectivity index (χ4n) is 0.995. The third-order valence-corrected chi connectivity index (χ3v) is 2.53. The van der Waals surface area contributed by atoms with Gasteiger partial charge in [0.1, 0.15) is 10.6 Å². The molecule has 0 saturated carbocycles. The van der Waals surface area contributed by atoms with E-state index in [4.69, 9.17) is 15.4 Å². The van der Waals surface area contributed by atoms with E-state index >= 15 is 0 Å². The zero-order valence-corrected chi connectivity index (χ0v) is 7.93. The minimum absolute atomic E-state index is 0.762. The van der Waals surface area contributed by atoms with Crippen LogP contribution in [0.25, 0.3) is 0 Å². The molecule has 15 heavy (non-hydrogen) atoms. The number of anilines is 1. The zero-order valence-electron chi connectivity index (χ0n) is 7.11. The quantitative estimate of drug-likeness (QED) is 0.285. The molecule has 0 fully saturated rings. The maximum Gasteiger partial charge on any atom is 0.334 e. The van der Waals surface area contributed by atoms with Crippen molar-refractivity contribution in [2.24, 2.45) is 0 Å². The summed E-state index contributed by atoms with van der Waals surface area (Å²) in [5, 5.41) is 19.5. The second-order valence-electron chi connectivity index (χ2n) is 2.58. The highest BCUT2D eigenvalue weighted by Gasteiger charge is 2.26. The fraction of sp³-hybridized carbons (Fsp3) is 0. The molecule has 0 aromatic heterocycles. The Hall–Kier alpha value is -1.87. The van der Waals surface area contributed by atoms with Crippen LogP contribution in [0.2, 0.25) is 0 Å². The van der Waals surface area contributed by atoms with Crippen LogP contribution in [-0.2, 0) is 10.1 Å². The Morgan fingerprint density at radius 1 is 1.40 bits per heavy atom. The van der Waals surface area contributed by atoms with Crippen molar-refractivity contribution >= 4 is 21.5 Å². The SMILES string of the molecule is Nc1c(S(=O)(=O)O)ccc(O)c1[N+](=O)[O-]. The predicted molar refractivity (Wildman–Crippen MR) is 49.0 cm³/mol. The number of nitro groups is 1. The van der Waals surface area contributed by atoms with Crippen LogP contribution in [0.3, 0.4) is 0 Å². The normalized spacial score (nSPS) is 11.3. The number of nitro benzene ring substituents is 1. The number of nitrogens with zero attached hydrogens (tertiary/aromatic N) is 1. The highest BCUT2D eigenvalue weighted by atomic mass is 32.2. The monoisotopic (exact) mass is 234 g/mol. The van der Waals surface area contributed by atoms with Gasteiger partial charge in [0.2, 0.25) is 0 Å². The summed E-state index contributed by atoms with van der Waals surface area (Å²) in [6.07, 6.45) is 0. The number of hydrogen-bond acceptors (Lipinski definition) is 6. The number of benzene rings is 1. The van der Waals surface area contributed by atoms with E-state index in [0.29, 0.717) is 0 Å². The first kappa shape index (κ1) is 11.2. The van der Waals surface area contributed by atoms with Crippen molar-refractivity contribution in [3.8, 4) is 5.75 Å². The highest BCUT2D eigenvalue weighted by molar-refractivity contribution is 7.86. The summed E-state index contributed by atoms with van der Waals surface area (Å²) in [4.78, 5) is 8.56. The first-order chi connectivity index (χ1) is 6.75. The Morgan fingerprint density at radius 3 is 2.33 bits per heavy atom. The topological polar surface area (TPSA) is 144 Å². The average molecular weight is 234 g/mol. The smallest absolute Gasteiger partial charge is 0.334 e. The van der Waals surface area contributed by atoms with E-state index < -0.39 is 37.1 Å². The molecule has 0 aliphatic heterocycles. The van der Waals surface area contributed by atoms with E-state index in [-0.39, 0.29) is 0 Å². The number of aromatic hydroxyl groups is 1. The van der Waals surface area contributed by atoms with Crippen molar-refractivity contribution in [3.05, 3.63) is 22.2 Å². The molecule has 0 atom stereocenters. The Morgan fingerprint density at radius 2 is 1.93 bits per heavy atom. The predicted octanol–water partition coefficient (Wildman–Crippen LogP) is 0.129. The molecule has 0 aliphatic rings. The molecule has 0 radical (unpaired) electrons. The number of phenols is 1. The molecule has 82 valence electrons. The standard InChI is InChI=1S/C6H6N2O6S/c7-5-4(15(12,13)14)2-1-3(9)6(5)8(10)11/h1-2,9H,7H2,(H,12,13,14). The first-order valence-electron chi connectivity index (χ1n) is 3.48. The lowest BCUT2D eigenvalue weighted by Crippen LogP contribution is -2.05. The lowest BCUT2D eigenvalue weighted by Gasteiger charge is -2.03. The van der Waals surface area contributed by atoms with E-state index in [0.717, 1.165) is 12.1 Å². The summed E-state index contributed by atoms with van der Waals surface area (Å²) < 4.78 is 30.1. The van der Waals surface area contributed by atoms with Gasteiger partial charge in [0.25, 0.3) is 10.1 Å². The third kappa shape index (κ3) is 1.97. The van der Waals surface area contributed by atoms with E-state index in [1.165, 1.54) is 0 Å². The summed E-state index contributed by atoms with van der Waals surface area (Å²) in [5.74, 6) is -0.773. The van der Waals surface area contributed by atoms with E-state index in [1.54, 1.807) is 0 Å². The van der Waals surface area contributed by atoms with Crippen molar-refractivity contribution < 1.29 is 23.0 Å². The average Bonchev–Trinajstić information content (AvgIpc) is 2.00. The Kier molecular flexibility index (Phi) is 2.51. The molecule has 0 heterocycles. The van der Waals surface area contributed by atoms with Gasteiger partial charge in [-0.05, 0) is 12.1 Å². The third-order valence-electron chi connectivity index (χ3n) is 1.62. The van der Waals surface area contributed by atoms with Gasteiger partial charge < -0.3 is 10.8 Å². The molecule has 9 heteroatoms. The van der Waals surface area contributed by atoms with Gasteiger partial charge in [-0.15, -0.1) is 0 Å². The number of rotatable bonds is 2. The Bertz CT molecular complexity index is 523. The fourth-order valence-corrected chi connectivity index (χ4v) is 1.61. The van der Waals surface area contributed by atoms with Crippen LogP contribution < -0.4 is 5.73 Å². The summed E-state index contributed by atoms with van der Waals surface area (Å²) in [7, 11) is -4.65. The first-order valence-corrected chi connectivity index (χ1v) is 4.92. The van der Waals surface area contributed by atoms with E-state index in [2.05, 4.69) is 0 Å². The summed E-state index contributed by atoms with van der Waals surface area (Å²) in [6, 6.07) is 1.53. The van der Waals surface area contributed by atoms with Gasteiger partial charge in [0, 0.05) is 0 Å². The molecule has 0 amide bonds. The molecule has 0 saturated heterocycles. The van der Waals surface area contributed by atoms with Gasteiger partial charge in [-0.25, -0.2) is 0 Å². The van der Waals surface area contributed by atoms with Crippen LogP contribution in [0.4, 0.5) is 11.4 Å². The number of nitrogen functional groups attached to an aromatic ring is 1. The van der Waals surface area contributed by atoms with Crippen molar-refractivity contribution in [1.82, 2.24) is 0 Å². The molecular weight excluding hydrogens is 228 g/mol. The Labute approximate surface area is 83.8 Å². The van der Waals surface area contributed by atoms with Crippen LogP contribution in [0, 0.1) is 10.1 Å². The lowest BCUT2D eigenvalue weighted by molar-refractivity contribution is -0.385. The van der Waals surface area contributed by atoms with Gasteiger partial charge >= 0.3 is 5.69 Å². The summed E-state index contributed by atoms with van der Waals surface area (Å²) in [6.45, 7) is 0. The molecule has 1 aromatic rings. The molecule has 0 unspecified atom stereocenters. The minimum atomic E-state index is -4.65. The number of hydrogen-bond donors (Lipinski definition) is 3. The molecule has 1 aromatic carbocycles. The second kappa shape index (κ2) is 3.37. The molecule has 0 aliphatic carbocycles. The number of phenolic OH excluding ortho intramolecular Hbond substituents is 1. The van der Waals surface area contributed by atoms with Crippen molar-refractivity contribution in [2.45, 2.75) is 4.90 Å². The van der Waals surface area contributed by atoms with Gasteiger partial charge in [0.05, 0.1) is 4.92 Å². The van der Waals surface area contributed by atoms with E-state index in [9.17, 15) is 18.5 Å². The van der Waals surface area contributed by atoms with Crippen molar-refractivity contribution in [1.29, 1.82) is 0 Å². The van der Waals surface area contributed by atoms with Gasteiger partial charge in [0.15, 0.2) is 5.75 Å². The van der Waals surface area contributed by atoms with Crippen LogP contribution in [0.5, 0.6) is 5.75 Å². The molecule has 0 spiro atoms. The molecule has 4 N–H and O–H groups in total. The van der Waals surface area contributed by atoms with Gasteiger partial charge in [-0.3, -0.25) is 14.7 Å². The van der Waals surface area contributed by atoms with Crippen LogP contribution >= 0.6 is 0 Å². The lowest BCUT2D eigenvalue weighted by atomic mass is 10.2. The maximum absolute atomic E-state index is 10.7. The molecule has 1 rings (SSSR count). The van der Waals surface area contributed by atoms with Gasteiger partial charge in [-0.1, -0.05) is 0 Å². The Balaban J connectivity index is 3.64. The summed E-state index contributed by atoms with van der Waals surface area (Å²) >= 11 is 0. The largest absolute Gasteiger partial charge is 0.502 e. The maximum atomic E-state index is 10.7. The van der Waals surface area contributed by atoms with E-state index in [1.807, 2.05) is 0 Å². The van der Waals surface area contributed by atoms with Crippen molar-refractivity contribution in [3.63, 3.8) is 0 Å². The minimum Gasteiger partial charge on any atom is -0.502 e. The zero-order chi connectivity index (χ0) is 11.8. The van der Waals surface area contributed by atoms with Crippen LogP contribution in [0.1, 0.15) is 0 Å². The highest BCUT2D eigenvalue weighted by Crippen LogP contribution is 2.36.